The summed E-state index contributed by atoms with van der Waals surface area (Å²) in [5.74, 6) is 1.52. The summed E-state index contributed by atoms with van der Waals surface area (Å²) in [6.45, 7) is 2.60. The van der Waals surface area contributed by atoms with Gasteiger partial charge < -0.3 is 19.7 Å². The second kappa shape index (κ2) is 4.74. The van der Waals surface area contributed by atoms with Gasteiger partial charge in [-0.3, -0.25) is 4.79 Å². The standard InChI is InChI=1S/C14H18N2O3/c1-9-5-12-13(19-8-18-12)6-11(9)16(2)14(17)7-15-10-3-4-10/h5-6,10,15H,3-4,7-8H2,1-2H3. The van der Waals surface area contributed by atoms with Crippen LogP contribution < -0.4 is 19.7 Å². The van der Waals surface area contributed by atoms with Crippen molar-refractivity contribution >= 4 is 11.6 Å². The number of ether oxygens (including phenoxy) is 2. The first-order valence-corrected chi connectivity index (χ1v) is 6.55. The van der Waals surface area contributed by atoms with Crippen LogP contribution in [-0.2, 0) is 4.79 Å². The zero-order chi connectivity index (χ0) is 13.4. The molecule has 0 aromatic heterocycles. The predicted octanol–water partition coefficient (Wildman–Crippen LogP) is 1.44. The summed E-state index contributed by atoms with van der Waals surface area (Å²) >= 11 is 0. The van der Waals surface area contributed by atoms with Crippen LogP contribution in [0.25, 0.3) is 0 Å². The number of benzene rings is 1. The maximum absolute atomic E-state index is 12.1. The van der Waals surface area contributed by atoms with Crippen molar-refractivity contribution in [2.24, 2.45) is 0 Å². The highest BCUT2D eigenvalue weighted by Gasteiger charge is 2.24. The first-order chi connectivity index (χ1) is 9.15. The van der Waals surface area contributed by atoms with E-state index in [1.54, 1.807) is 11.9 Å². The monoisotopic (exact) mass is 262 g/mol. The molecule has 1 heterocycles. The lowest BCUT2D eigenvalue weighted by atomic mass is 10.1. The average molecular weight is 262 g/mol. The maximum Gasteiger partial charge on any atom is 0.240 e. The van der Waals surface area contributed by atoms with E-state index in [0.29, 0.717) is 18.3 Å². The molecule has 2 aliphatic rings. The van der Waals surface area contributed by atoms with Crippen LogP contribution in [0, 0.1) is 6.92 Å². The fourth-order valence-electron chi connectivity index (χ4n) is 2.17. The lowest BCUT2D eigenvalue weighted by Gasteiger charge is -2.20. The molecule has 1 aromatic carbocycles. The Morgan fingerprint density at radius 2 is 2.05 bits per heavy atom. The van der Waals surface area contributed by atoms with Gasteiger partial charge in [-0.15, -0.1) is 0 Å². The van der Waals surface area contributed by atoms with E-state index in [1.807, 2.05) is 19.1 Å². The van der Waals surface area contributed by atoms with E-state index in [1.165, 1.54) is 12.8 Å². The molecule has 0 radical (unpaired) electrons. The van der Waals surface area contributed by atoms with Gasteiger partial charge in [0.05, 0.1) is 12.2 Å². The summed E-state index contributed by atoms with van der Waals surface area (Å²) < 4.78 is 10.7. The number of carbonyl (C=O) groups excluding carboxylic acids is 1. The van der Waals surface area contributed by atoms with Crippen molar-refractivity contribution in [1.29, 1.82) is 0 Å². The molecule has 0 unspecified atom stereocenters. The molecule has 0 spiro atoms. The van der Waals surface area contributed by atoms with Crippen molar-refractivity contribution in [3.63, 3.8) is 0 Å². The van der Waals surface area contributed by atoms with Crippen LogP contribution in [0.4, 0.5) is 5.69 Å². The van der Waals surface area contributed by atoms with Gasteiger partial charge in [0.2, 0.25) is 12.7 Å². The number of aryl methyl sites for hydroxylation is 1. The van der Waals surface area contributed by atoms with Gasteiger partial charge in [-0.25, -0.2) is 0 Å². The molecular weight excluding hydrogens is 244 g/mol. The Morgan fingerprint density at radius 1 is 1.37 bits per heavy atom. The molecule has 3 rings (SSSR count). The van der Waals surface area contributed by atoms with Gasteiger partial charge in [-0.2, -0.15) is 0 Å². The van der Waals surface area contributed by atoms with Crippen LogP contribution in [0.2, 0.25) is 0 Å². The third-order valence-electron chi connectivity index (χ3n) is 3.55. The molecule has 0 atom stereocenters. The fourth-order valence-corrected chi connectivity index (χ4v) is 2.17. The van der Waals surface area contributed by atoms with E-state index < -0.39 is 0 Å². The number of rotatable bonds is 4. The number of anilines is 1. The summed E-state index contributed by atoms with van der Waals surface area (Å²) in [4.78, 5) is 13.8. The molecule has 102 valence electrons. The van der Waals surface area contributed by atoms with E-state index >= 15 is 0 Å². The van der Waals surface area contributed by atoms with Crippen LogP contribution in [0.3, 0.4) is 0 Å². The number of nitrogens with one attached hydrogen (secondary N) is 1. The lowest BCUT2D eigenvalue weighted by molar-refractivity contribution is -0.117. The Morgan fingerprint density at radius 3 is 2.74 bits per heavy atom. The molecule has 1 fully saturated rings. The largest absolute Gasteiger partial charge is 0.454 e. The number of likely N-dealkylation sites (N-methyl/N-ethyl adjacent to an activating group) is 1. The molecule has 1 saturated carbocycles. The minimum atomic E-state index is 0.0638. The van der Waals surface area contributed by atoms with Gasteiger partial charge in [0.15, 0.2) is 11.5 Å². The predicted molar refractivity (Wildman–Crippen MR) is 71.7 cm³/mol. The molecule has 0 saturated heterocycles. The summed E-state index contributed by atoms with van der Waals surface area (Å²) in [6, 6.07) is 4.32. The Kier molecular flexibility index (Phi) is 3.06. The summed E-state index contributed by atoms with van der Waals surface area (Å²) in [5.41, 5.74) is 1.87. The molecular formula is C14H18N2O3. The van der Waals surface area contributed by atoms with Crippen molar-refractivity contribution in [2.45, 2.75) is 25.8 Å². The molecule has 19 heavy (non-hydrogen) atoms. The van der Waals surface area contributed by atoms with Crippen molar-refractivity contribution in [1.82, 2.24) is 5.32 Å². The third kappa shape index (κ3) is 2.51. The highest BCUT2D eigenvalue weighted by Crippen LogP contribution is 2.37. The van der Waals surface area contributed by atoms with Gasteiger partial charge in [-0.1, -0.05) is 0 Å². The Bertz CT molecular complexity index is 512. The van der Waals surface area contributed by atoms with Crippen molar-refractivity contribution < 1.29 is 14.3 Å². The highest BCUT2D eigenvalue weighted by atomic mass is 16.7. The number of amides is 1. The molecule has 1 aliphatic carbocycles. The van der Waals surface area contributed by atoms with Crippen molar-refractivity contribution in [3.05, 3.63) is 17.7 Å². The summed E-state index contributed by atoms with van der Waals surface area (Å²) in [5, 5.41) is 3.23. The molecule has 0 bridgehead atoms. The van der Waals surface area contributed by atoms with E-state index in [9.17, 15) is 4.79 Å². The van der Waals surface area contributed by atoms with Crippen molar-refractivity contribution in [3.8, 4) is 11.5 Å². The van der Waals surface area contributed by atoms with Crippen LogP contribution in [-0.4, -0.2) is 32.3 Å². The Labute approximate surface area is 112 Å². The van der Waals surface area contributed by atoms with E-state index in [2.05, 4.69) is 5.32 Å². The third-order valence-corrected chi connectivity index (χ3v) is 3.55. The smallest absolute Gasteiger partial charge is 0.240 e. The van der Waals surface area contributed by atoms with Gasteiger partial charge in [0.25, 0.3) is 0 Å². The number of carbonyl (C=O) groups is 1. The number of hydrogen-bond donors (Lipinski definition) is 1. The number of nitrogens with zero attached hydrogens (tertiary/aromatic N) is 1. The number of hydrogen-bond acceptors (Lipinski definition) is 4. The van der Waals surface area contributed by atoms with E-state index in [4.69, 9.17) is 9.47 Å². The van der Waals surface area contributed by atoms with E-state index in [0.717, 1.165) is 17.0 Å². The molecule has 1 amide bonds. The molecule has 1 N–H and O–H groups in total. The SMILES string of the molecule is Cc1cc2c(cc1N(C)C(=O)CNC1CC1)OCO2. The van der Waals surface area contributed by atoms with E-state index in [-0.39, 0.29) is 12.7 Å². The highest BCUT2D eigenvalue weighted by molar-refractivity contribution is 5.95. The van der Waals surface area contributed by atoms with Gasteiger partial charge >= 0.3 is 0 Å². The topological polar surface area (TPSA) is 50.8 Å². The molecule has 5 nitrogen and oxygen atoms in total. The summed E-state index contributed by atoms with van der Waals surface area (Å²) in [6.07, 6.45) is 2.36. The van der Waals surface area contributed by atoms with Gasteiger partial charge in [0.1, 0.15) is 0 Å². The molecule has 5 heteroatoms. The molecule has 1 aromatic rings. The summed E-state index contributed by atoms with van der Waals surface area (Å²) in [7, 11) is 1.79. The first kappa shape index (κ1) is 12.3. The van der Waals surface area contributed by atoms with Gasteiger partial charge in [-0.05, 0) is 31.4 Å². The Hall–Kier alpha value is -1.75. The minimum Gasteiger partial charge on any atom is -0.454 e. The fraction of sp³-hybridized carbons (Fsp3) is 0.500. The van der Waals surface area contributed by atoms with Crippen LogP contribution in [0.15, 0.2) is 12.1 Å². The lowest BCUT2D eigenvalue weighted by Crippen LogP contribution is -2.36. The average Bonchev–Trinajstić information content (AvgIpc) is 3.12. The zero-order valence-corrected chi connectivity index (χ0v) is 11.2. The van der Waals surface area contributed by atoms with Crippen molar-refractivity contribution in [2.75, 3.05) is 25.3 Å². The minimum absolute atomic E-state index is 0.0638. The quantitative estimate of drug-likeness (QED) is 0.892. The normalized spacial score (nSPS) is 16.5. The van der Waals surface area contributed by atoms with Crippen LogP contribution in [0.1, 0.15) is 18.4 Å². The second-order valence-corrected chi connectivity index (χ2v) is 5.10. The zero-order valence-electron chi connectivity index (χ0n) is 11.2. The first-order valence-electron chi connectivity index (χ1n) is 6.55. The maximum atomic E-state index is 12.1. The van der Waals surface area contributed by atoms with Gasteiger partial charge in [0, 0.05) is 19.2 Å². The Balaban J connectivity index is 1.74. The number of fused-ring (bicyclic) bond motifs is 1. The van der Waals surface area contributed by atoms with Crippen LogP contribution >= 0.6 is 0 Å². The van der Waals surface area contributed by atoms with Crippen LogP contribution in [0.5, 0.6) is 11.5 Å². The molecule has 1 aliphatic heterocycles. The second-order valence-electron chi connectivity index (χ2n) is 5.10.